The van der Waals surface area contributed by atoms with E-state index in [0.717, 1.165) is 0 Å². The maximum Gasteiger partial charge on any atom is 0.148 e. The zero-order chi connectivity index (χ0) is 29.4. The Hall–Kier alpha value is -3.38. The van der Waals surface area contributed by atoms with E-state index in [-0.39, 0.29) is 17.1 Å². The van der Waals surface area contributed by atoms with Gasteiger partial charge in [0.15, 0.2) is 0 Å². The first-order valence-corrected chi connectivity index (χ1v) is 17.1. The molecule has 6 rings (SSSR count). The predicted molar refractivity (Wildman–Crippen MR) is 187 cm³/mol. The van der Waals surface area contributed by atoms with Gasteiger partial charge in [0.1, 0.15) is 38.1 Å². The molecule has 221 valence electrons. The van der Waals surface area contributed by atoms with Crippen molar-refractivity contribution < 1.29 is 27.3 Å². The molecule has 0 saturated heterocycles. The average molecular weight is 652 g/mol. The van der Waals surface area contributed by atoms with Crippen LogP contribution in [0.25, 0.3) is 0 Å². The molecule has 0 unspecified atom stereocenters. The van der Waals surface area contributed by atoms with Crippen LogP contribution in [0.4, 0.5) is 0 Å². The molecule has 6 aromatic carbocycles. The number of aliphatic hydroxyl groups excluding tert-OH is 1. The number of hydrogen-bond donors (Lipinski definition) is 2. The largest absolute Gasteiger partial charge is 0.368 e. The molecule has 0 aromatic heterocycles. The molecule has 43 heavy (non-hydrogen) atoms. The standard InChI is InChI=1S/2C18H15P.C2H6O2.Cu/c2*1-4-10-16(11-5-1)19(17-12-6-2-7-13-17)18-14-8-3-9-15-18;1-2(3)4;/h2*1-15H;2-4H,1H3;/p+2. The van der Waals surface area contributed by atoms with Gasteiger partial charge < -0.3 is 10.2 Å². The van der Waals surface area contributed by atoms with E-state index in [1.54, 1.807) is 0 Å². The van der Waals surface area contributed by atoms with E-state index < -0.39 is 22.1 Å². The zero-order valence-electron chi connectivity index (χ0n) is 24.1. The molecule has 0 heterocycles. The van der Waals surface area contributed by atoms with E-state index in [1.165, 1.54) is 38.8 Å². The molecule has 0 fully saturated rings. The quantitative estimate of drug-likeness (QED) is 0.139. The summed E-state index contributed by atoms with van der Waals surface area (Å²) in [6, 6.07) is 65.0. The maximum absolute atomic E-state index is 7.61. The van der Waals surface area contributed by atoms with Crippen LogP contribution in [0, 0.1) is 0 Å². The van der Waals surface area contributed by atoms with E-state index >= 15 is 0 Å². The fourth-order valence-electron chi connectivity index (χ4n) is 4.63. The number of aliphatic hydroxyl groups is 2. The van der Waals surface area contributed by atoms with Gasteiger partial charge in [-0.05, 0) is 79.7 Å². The summed E-state index contributed by atoms with van der Waals surface area (Å²) in [4.78, 5) is 0. The van der Waals surface area contributed by atoms with E-state index in [1.807, 2.05) is 0 Å². The van der Waals surface area contributed by atoms with E-state index in [9.17, 15) is 0 Å². The molecule has 0 spiro atoms. The Morgan fingerprint density at radius 1 is 0.326 bits per heavy atom. The molecule has 1 radical (unpaired) electrons. The Balaban J connectivity index is 0.000000206. The molecule has 2 nitrogen and oxygen atoms in total. The second-order valence-corrected chi connectivity index (χ2v) is 14.5. The van der Waals surface area contributed by atoms with E-state index in [4.69, 9.17) is 10.2 Å². The Morgan fingerprint density at radius 3 is 0.558 bits per heavy atom. The average Bonchev–Trinajstić information content (AvgIpc) is 3.05. The molecular formula is C38H38CuO2P2+2. The fraction of sp³-hybridized carbons (Fsp3) is 0.0526. The fourth-order valence-corrected chi connectivity index (χ4v) is 9.78. The Bertz CT molecular complexity index is 1230. The molecule has 6 aromatic rings. The van der Waals surface area contributed by atoms with E-state index in [2.05, 4.69) is 182 Å². The summed E-state index contributed by atoms with van der Waals surface area (Å²) in [5, 5.41) is 23.8. The second-order valence-electron chi connectivity index (χ2n) is 9.58. The van der Waals surface area contributed by atoms with Gasteiger partial charge in [-0.15, -0.1) is 0 Å². The molecule has 0 saturated carbocycles. The molecule has 0 aliphatic rings. The third-order valence-electron chi connectivity index (χ3n) is 6.37. The van der Waals surface area contributed by atoms with Gasteiger partial charge in [-0.1, -0.05) is 109 Å². The Kier molecular flexibility index (Phi) is 15.1. The van der Waals surface area contributed by atoms with Crippen molar-refractivity contribution in [3.8, 4) is 0 Å². The van der Waals surface area contributed by atoms with Crippen LogP contribution >= 0.6 is 15.8 Å². The van der Waals surface area contributed by atoms with Crippen molar-refractivity contribution in [2.75, 3.05) is 0 Å². The number of benzene rings is 6. The topological polar surface area (TPSA) is 40.5 Å². The van der Waals surface area contributed by atoms with Crippen LogP contribution in [0.5, 0.6) is 0 Å². The SMILES string of the molecule is CC(O)O.[Cu].c1ccc([PH+](c2ccccc2)c2ccccc2)cc1.c1ccc([PH+](c2ccccc2)c2ccccc2)cc1. The van der Waals surface area contributed by atoms with Gasteiger partial charge in [-0.25, -0.2) is 0 Å². The third kappa shape index (κ3) is 11.0. The van der Waals surface area contributed by atoms with Gasteiger partial charge in [0.05, 0.1) is 15.8 Å². The molecule has 2 N–H and O–H groups in total. The van der Waals surface area contributed by atoms with Gasteiger partial charge >= 0.3 is 0 Å². The Labute approximate surface area is 269 Å². The summed E-state index contributed by atoms with van der Waals surface area (Å²) in [5.41, 5.74) is 0. The van der Waals surface area contributed by atoms with E-state index in [0.29, 0.717) is 0 Å². The normalized spacial score (nSPS) is 10.2. The van der Waals surface area contributed by atoms with Crippen molar-refractivity contribution >= 4 is 47.7 Å². The van der Waals surface area contributed by atoms with Crippen LogP contribution in [-0.2, 0) is 17.1 Å². The number of hydrogen-bond acceptors (Lipinski definition) is 2. The maximum atomic E-state index is 7.61. The molecular weight excluding hydrogens is 614 g/mol. The first-order chi connectivity index (χ1) is 20.6. The van der Waals surface area contributed by atoms with Gasteiger partial charge in [-0.3, -0.25) is 0 Å². The van der Waals surface area contributed by atoms with Crippen LogP contribution < -0.4 is 31.8 Å². The minimum atomic E-state index is -1.17. The van der Waals surface area contributed by atoms with Gasteiger partial charge in [-0.2, -0.15) is 0 Å². The van der Waals surface area contributed by atoms with Crippen LogP contribution in [0.15, 0.2) is 182 Å². The van der Waals surface area contributed by atoms with Crippen molar-refractivity contribution in [3.63, 3.8) is 0 Å². The molecule has 0 aliphatic carbocycles. The minimum absolute atomic E-state index is 0. The van der Waals surface area contributed by atoms with Crippen molar-refractivity contribution in [3.05, 3.63) is 182 Å². The van der Waals surface area contributed by atoms with Crippen molar-refractivity contribution in [2.24, 2.45) is 0 Å². The smallest absolute Gasteiger partial charge is 0.148 e. The van der Waals surface area contributed by atoms with Gasteiger partial charge in [0, 0.05) is 17.1 Å². The second kappa shape index (κ2) is 19.0. The summed E-state index contributed by atoms with van der Waals surface area (Å²) < 4.78 is 0. The molecule has 0 bridgehead atoms. The summed E-state index contributed by atoms with van der Waals surface area (Å²) >= 11 is 0. The summed E-state index contributed by atoms with van der Waals surface area (Å²) in [5.74, 6) is 0. The molecule has 0 atom stereocenters. The minimum Gasteiger partial charge on any atom is -0.368 e. The van der Waals surface area contributed by atoms with Crippen molar-refractivity contribution in [1.82, 2.24) is 0 Å². The first-order valence-electron chi connectivity index (χ1n) is 14.1. The monoisotopic (exact) mass is 651 g/mol. The summed E-state index contributed by atoms with van der Waals surface area (Å²) in [6.45, 7) is 1.28. The van der Waals surface area contributed by atoms with Crippen LogP contribution in [0.3, 0.4) is 0 Å². The van der Waals surface area contributed by atoms with Gasteiger partial charge in [0.25, 0.3) is 0 Å². The molecule has 0 amide bonds. The first kappa shape index (κ1) is 34.1. The van der Waals surface area contributed by atoms with Crippen molar-refractivity contribution in [2.45, 2.75) is 13.2 Å². The Morgan fingerprint density at radius 2 is 0.442 bits per heavy atom. The molecule has 0 aliphatic heterocycles. The van der Waals surface area contributed by atoms with Crippen molar-refractivity contribution in [1.29, 1.82) is 0 Å². The third-order valence-corrected chi connectivity index (χ3v) is 11.8. The van der Waals surface area contributed by atoms with Crippen LogP contribution in [0.2, 0.25) is 0 Å². The van der Waals surface area contributed by atoms with Crippen LogP contribution in [-0.4, -0.2) is 16.5 Å². The predicted octanol–water partition coefficient (Wildman–Crippen LogP) is 5.67. The van der Waals surface area contributed by atoms with Crippen LogP contribution in [0.1, 0.15) is 6.92 Å². The zero-order valence-corrected chi connectivity index (χ0v) is 27.0. The number of rotatable bonds is 6. The molecule has 5 heteroatoms. The summed E-state index contributed by atoms with van der Waals surface area (Å²) in [7, 11) is -1.75. The van der Waals surface area contributed by atoms with Gasteiger partial charge in [0.2, 0.25) is 0 Å². The summed E-state index contributed by atoms with van der Waals surface area (Å²) in [6.07, 6.45) is -1.17.